The van der Waals surface area contributed by atoms with E-state index in [0.29, 0.717) is 5.39 Å². The molecule has 25 heavy (non-hydrogen) atoms. The molecule has 1 atom stereocenters. The van der Waals surface area contributed by atoms with Crippen LogP contribution in [-0.2, 0) is 0 Å². The van der Waals surface area contributed by atoms with E-state index in [2.05, 4.69) is 6.07 Å². The number of nitrogens with zero attached hydrogens (tertiary/aromatic N) is 3. The number of nitrogens with two attached hydrogens (primary N) is 1. The molecular formula is C19H14N4O2. The van der Waals surface area contributed by atoms with Gasteiger partial charge in [0.25, 0.3) is 11.1 Å². The molecule has 2 aromatic carbocycles. The van der Waals surface area contributed by atoms with E-state index in [4.69, 9.17) is 5.73 Å². The fraction of sp³-hybridized carbons (Fsp3) is 0.105. The summed E-state index contributed by atoms with van der Waals surface area (Å²) in [5, 5.41) is 10.2. The number of allylic oxidation sites excluding steroid dienone is 1. The molecule has 0 saturated carbocycles. The van der Waals surface area contributed by atoms with Crippen molar-refractivity contribution in [2.24, 2.45) is 5.73 Å². The summed E-state index contributed by atoms with van der Waals surface area (Å²) in [7, 11) is 0. The number of hydrogen-bond acceptors (Lipinski definition) is 4. The third-order valence-corrected chi connectivity index (χ3v) is 4.63. The second kappa shape index (κ2) is 5.21. The topological polar surface area (TPSA) is 93.8 Å². The molecule has 2 heterocycles. The third kappa shape index (κ3) is 1.90. The van der Waals surface area contributed by atoms with Gasteiger partial charge in [-0.15, -0.1) is 0 Å². The Balaban J connectivity index is 2.20. The molecule has 0 bridgehead atoms. The lowest BCUT2D eigenvalue weighted by atomic mass is 9.96. The molecule has 4 rings (SSSR count). The van der Waals surface area contributed by atoms with Crippen LogP contribution in [0.5, 0.6) is 0 Å². The maximum Gasteiger partial charge on any atom is 0.279 e. The normalized spacial score (nSPS) is 16.1. The molecule has 0 aliphatic carbocycles. The first kappa shape index (κ1) is 15.0. The Morgan fingerprint density at radius 1 is 1.00 bits per heavy atom. The molecule has 122 valence electrons. The quantitative estimate of drug-likeness (QED) is 0.735. The predicted octanol–water partition coefficient (Wildman–Crippen LogP) is 1.73. The Hall–Kier alpha value is -3.59. The molecule has 0 amide bonds. The minimum Gasteiger partial charge on any atom is -0.383 e. The van der Waals surface area contributed by atoms with Crippen molar-refractivity contribution in [2.75, 3.05) is 0 Å². The fourth-order valence-electron chi connectivity index (χ4n) is 3.42. The Labute approximate surface area is 142 Å². The third-order valence-electron chi connectivity index (χ3n) is 4.63. The second-order valence-corrected chi connectivity index (χ2v) is 5.98. The standard InChI is InChI=1S/C19H14N4O2/c1-11-6-2-3-7-12(11)16-15(10-20)17(21)23-19(25)14-9-5-4-8-13(14)18(24)22(16)23/h2-9,16H,21H2,1H3. The molecular weight excluding hydrogens is 316 g/mol. The van der Waals surface area contributed by atoms with Gasteiger partial charge in [-0.1, -0.05) is 36.4 Å². The van der Waals surface area contributed by atoms with E-state index in [-0.39, 0.29) is 22.3 Å². The largest absolute Gasteiger partial charge is 0.383 e. The van der Waals surface area contributed by atoms with E-state index >= 15 is 0 Å². The molecule has 0 saturated heterocycles. The van der Waals surface area contributed by atoms with Gasteiger partial charge in [0.15, 0.2) is 0 Å². The van der Waals surface area contributed by atoms with Crippen molar-refractivity contribution in [3.63, 3.8) is 0 Å². The minimum atomic E-state index is -0.712. The lowest BCUT2D eigenvalue weighted by Gasteiger charge is -2.18. The number of aryl methyl sites for hydroxylation is 1. The summed E-state index contributed by atoms with van der Waals surface area (Å²) in [6.45, 7) is 1.90. The van der Waals surface area contributed by atoms with Gasteiger partial charge < -0.3 is 5.73 Å². The summed E-state index contributed by atoms with van der Waals surface area (Å²) in [5.41, 5.74) is 7.22. The van der Waals surface area contributed by atoms with E-state index in [1.54, 1.807) is 24.3 Å². The molecule has 6 heteroatoms. The molecule has 6 nitrogen and oxygen atoms in total. The van der Waals surface area contributed by atoms with E-state index < -0.39 is 11.6 Å². The molecule has 0 fully saturated rings. The summed E-state index contributed by atoms with van der Waals surface area (Å²) in [5.74, 6) is 0.00334. The summed E-state index contributed by atoms with van der Waals surface area (Å²) in [6.07, 6.45) is 0. The molecule has 2 N–H and O–H groups in total. The van der Waals surface area contributed by atoms with Gasteiger partial charge in [0.1, 0.15) is 23.5 Å². The Morgan fingerprint density at radius 2 is 1.60 bits per heavy atom. The first-order valence-corrected chi connectivity index (χ1v) is 7.78. The fourth-order valence-corrected chi connectivity index (χ4v) is 3.42. The molecule has 1 aliphatic heterocycles. The Kier molecular flexibility index (Phi) is 3.12. The predicted molar refractivity (Wildman–Crippen MR) is 94.8 cm³/mol. The minimum absolute atomic E-state index is 0.00334. The van der Waals surface area contributed by atoms with E-state index in [9.17, 15) is 14.9 Å². The van der Waals surface area contributed by atoms with Gasteiger partial charge in [-0.2, -0.15) is 9.94 Å². The lowest BCUT2D eigenvalue weighted by Crippen LogP contribution is -2.38. The SMILES string of the molecule is Cc1ccccc1C1C(C#N)=C(N)n2c(=O)c3ccccc3c(=O)n21. The van der Waals surface area contributed by atoms with Gasteiger partial charge in [0, 0.05) is 0 Å². The molecule has 0 spiro atoms. The monoisotopic (exact) mass is 330 g/mol. The van der Waals surface area contributed by atoms with Gasteiger partial charge in [0.2, 0.25) is 0 Å². The average molecular weight is 330 g/mol. The van der Waals surface area contributed by atoms with Gasteiger partial charge in [-0.3, -0.25) is 9.59 Å². The van der Waals surface area contributed by atoms with Gasteiger partial charge in [-0.05, 0) is 30.2 Å². The van der Waals surface area contributed by atoms with Crippen LogP contribution in [0.3, 0.4) is 0 Å². The van der Waals surface area contributed by atoms with Crippen LogP contribution >= 0.6 is 0 Å². The van der Waals surface area contributed by atoms with Crippen LogP contribution in [0.2, 0.25) is 0 Å². The average Bonchev–Trinajstić information content (AvgIpc) is 2.92. The summed E-state index contributed by atoms with van der Waals surface area (Å²) >= 11 is 0. The maximum absolute atomic E-state index is 13.1. The molecule has 1 aromatic heterocycles. The summed E-state index contributed by atoms with van der Waals surface area (Å²) in [6, 6.07) is 15.4. The highest BCUT2D eigenvalue weighted by Crippen LogP contribution is 2.33. The van der Waals surface area contributed by atoms with Crippen molar-refractivity contribution in [2.45, 2.75) is 13.0 Å². The van der Waals surface area contributed by atoms with Crippen LogP contribution in [0, 0.1) is 18.3 Å². The van der Waals surface area contributed by atoms with E-state index in [1.165, 1.54) is 4.68 Å². The van der Waals surface area contributed by atoms with Crippen LogP contribution in [0.15, 0.2) is 63.7 Å². The van der Waals surface area contributed by atoms with Crippen LogP contribution < -0.4 is 16.9 Å². The highest BCUT2D eigenvalue weighted by molar-refractivity contribution is 5.81. The van der Waals surface area contributed by atoms with Crippen molar-refractivity contribution in [3.05, 3.63) is 85.9 Å². The van der Waals surface area contributed by atoms with Crippen LogP contribution in [0.4, 0.5) is 0 Å². The molecule has 3 aromatic rings. The summed E-state index contributed by atoms with van der Waals surface area (Å²) < 4.78 is 2.42. The zero-order valence-electron chi connectivity index (χ0n) is 13.4. The lowest BCUT2D eigenvalue weighted by molar-refractivity contribution is 0.537. The number of nitriles is 1. The number of rotatable bonds is 1. The molecule has 1 aliphatic rings. The van der Waals surface area contributed by atoms with Gasteiger partial charge in [0.05, 0.1) is 10.8 Å². The summed E-state index contributed by atoms with van der Waals surface area (Å²) in [4.78, 5) is 26.0. The highest BCUT2D eigenvalue weighted by Gasteiger charge is 2.35. The molecule has 0 radical (unpaired) electrons. The van der Waals surface area contributed by atoms with E-state index in [1.807, 2.05) is 31.2 Å². The zero-order chi connectivity index (χ0) is 17.7. The number of fused-ring (bicyclic) bond motifs is 2. The smallest absolute Gasteiger partial charge is 0.279 e. The Bertz CT molecular complexity index is 1220. The molecule has 1 unspecified atom stereocenters. The van der Waals surface area contributed by atoms with Crippen molar-refractivity contribution < 1.29 is 0 Å². The van der Waals surface area contributed by atoms with Crippen LogP contribution in [0.25, 0.3) is 16.6 Å². The Morgan fingerprint density at radius 3 is 2.24 bits per heavy atom. The van der Waals surface area contributed by atoms with Crippen LogP contribution in [0.1, 0.15) is 17.2 Å². The van der Waals surface area contributed by atoms with Crippen molar-refractivity contribution >= 4 is 16.6 Å². The first-order valence-electron chi connectivity index (χ1n) is 7.78. The first-order chi connectivity index (χ1) is 12.1. The number of hydrogen-bond donors (Lipinski definition) is 1. The van der Waals surface area contributed by atoms with Crippen molar-refractivity contribution in [1.29, 1.82) is 5.26 Å². The van der Waals surface area contributed by atoms with Gasteiger partial charge in [-0.25, -0.2) is 4.68 Å². The van der Waals surface area contributed by atoms with Crippen LogP contribution in [-0.4, -0.2) is 9.36 Å². The van der Waals surface area contributed by atoms with E-state index in [0.717, 1.165) is 15.8 Å². The van der Waals surface area contributed by atoms with Gasteiger partial charge >= 0.3 is 0 Å². The zero-order valence-corrected chi connectivity index (χ0v) is 13.4. The number of aromatic nitrogens is 2. The maximum atomic E-state index is 13.1. The highest BCUT2D eigenvalue weighted by atomic mass is 16.2. The van der Waals surface area contributed by atoms with Crippen molar-refractivity contribution in [1.82, 2.24) is 9.36 Å². The number of benzene rings is 2. The second-order valence-electron chi connectivity index (χ2n) is 5.98. The van der Waals surface area contributed by atoms with Crippen molar-refractivity contribution in [3.8, 4) is 6.07 Å².